The van der Waals surface area contributed by atoms with Gasteiger partial charge in [-0.25, -0.2) is 9.10 Å². The van der Waals surface area contributed by atoms with Gasteiger partial charge < -0.3 is 9.64 Å². The van der Waals surface area contributed by atoms with Crippen molar-refractivity contribution in [3.63, 3.8) is 0 Å². The maximum atomic E-state index is 13.1. The van der Waals surface area contributed by atoms with Crippen molar-refractivity contribution in [3.05, 3.63) is 29.3 Å². The van der Waals surface area contributed by atoms with Crippen LogP contribution in [-0.2, 0) is 5.41 Å². The van der Waals surface area contributed by atoms with Crippen LogP contribution in [0.4, 0.5) is 4.79 Å². The molecule has 28 heavy (non-hydrogen) atoms. The summed E-state index contributed by atoms with van der Waals surface area (Å²) in [5.41, 5.74) is 1.01. The number of hydrogen-bond donors (Lipinski definition) is 0. The summed E-state index contributed by atoms with van der Waals surface area (Å²) in [6, 6.07) is 7.96. The van der Waals surface area contributed by atoms with Crippen molar-refractivity contribution in [2.24, 2.45) is 4.40 Å². The summed E-state index contributed by atoms with van der Waals surface area (Å²) in [4.78, 5) is 16.7. The fraction of sp³-hybridized carbons (Fsp3) is 0.526. The Bertz CT molecular complexity index is 813. The van der Waals surface area contributed by atoms with Gasteiger partial charge in [-0.15, -0.1) is 0 Å². The Balaban J connectivity index is 1.83. The quantitative estimate of drug-likeness (QED) is 0.698. The third-order valence-electron chi connectivity index (χ3n) is 5.04. The van der Waals surface area contributed by atoms with E-state index in [-0.39, 0.29) is 6.03 Å². The number of urea groups is 1. The summed E-state index contributed by atoms with van der Waals surface area (Å²) in [6.07, 6.45) is 2.06. The molecule has 9 heteroatoms. The molecule has 0 unspecified atom stereocenters. The van der Waals surface area contributed by atoms with E-state index in [0.717, 1.165) is 24.2 Å². The average molecular weight is 420 g/mol. The molecule has 1 saturated heterocycles. The maximum Gasteiger partial charge on any atom is 0.326 e. The van der Waals surface area contributed by atoms with Crippen LogP contribution in [0.3, 0.4) is 0 Å². The van der Waals surface area contributed by atoms with Gasteiger partial charge in [0.2, 0.25) is 0 Å². The van der Waals surface area contributed by atoms with E-state index in [1.165, 1.54) is 11.9 Å². The number of rotatable bonds is 4. The lowest BCUT2D eigenvalue weighted by Gasteiger charge is -2.35. The molecule has 0 aromatic heterocycles. The van der Waals surface area contributed by atoms with Gasteiger partial charge in [-0.3, -0.25) is 4.90 Å². The van der Waals surface area contributed by atoms with Crippen molar-refractivity contribution in [2.45, 2.75) is 19.3 Å². The van der Waals surface area contributed by atoms with Gasteiger partial charge in [0.1, 0.15) is 5.75 Å². The van der Waals surface area contributed by atoms with Crippen molar-refractivity contribution < 1.29 is 9.53 Å². The van der Waals surface area contributed by atoms with Gasteiger partial charge in [0.15, 0.2) is 5.84 Å². The van der Waals surface area contributed by atoms with Crippen LogP contribution in [0.5, 0.6) is 5.75 Å². The molecule has 0 atom stereocenters. The average Bonchev–Trinajstić information content (AvgIpc) is 3.22. The molecule has 2 aliphatic heterocycles. The Morgan fingerprint density at radius 2 is 2.04 bits per heavy atom. The summed E-state index contributed by atoms with van der Waals surface area (Å²) in [6.45, 7) is 6.88. The zero-order valence-electron chi connectivity index (χ0n) is 16.6. The van der Waals surface area contributed by atoms with Crippen LogP contribution in [0.15, 0.2) is 22.6 Å². The van der Waals surface area contributed by atoms with Crippen LogP contribution in [-0.4, -0.2) is 71.4 Å². The number of methoxy groups -OCH3 is 1. The molecule has 2 heterocycles. The summed E-state index contributed by atoms with van der Waals surface area (Å²) in [5, 5.41) is 9.41. The topological polar surface area (TPSA) is 72.2 Å². The third-order valence-corrected chi connectivity index (χ3v) is 6.59. The summed E-state index contributed by atoms with van der Waals surface area (Å²) in [5.74, 6) is 1.72. The zero-order chi connectivity index (χ0) is 20.3. The molecule has 0 spiro atoms. The van der Waals surface area contributed by atoms with E-state index in [4.69, 9.17) is 4.74 Å². The molecule has 2 aliphatic rings. The molecular formula is C19H25N5O2S2. The van der Waals surface area contributed by atoms with Crippen LogP contribution in [0.25, 0.3) is 0 Å². The van der Waals surface area contributed by atoms with Gasteiger partial charge in [-0.1, -0.05) is 18.0 Å². The number of benzene rings is 1. The zero-order valence-corrected chi connectivity index (χ0v) is 18.3. The molecular weight excluding hydrogens is 394 g/mol. The van der Waals surface area contributed by atoms with E-state index >= 15 is 0 Å². The lowest BCUT2D eigenvalue weighted by molar-refractivity contribution is 0.160. The van der Waals surface area contributed by atoms with E-state index in [2.05, 4.69) is 21.0 Å². The summed E-state index contributed by atoms with van der Waals surface area (Å²) >= 11 is 3.07. The SMILES string of the molecule is COc1cc(C(C)(C)C#N)ccc1C1=NSCN1C(=O)N1CCN(SC)CC1. The number of amidine groups is 1. The van der Waals surface area contributed by atoms with E-state index in [9.17, 15) is 10.1 Å². The highest BCUT2D eigenvalue weighted by molar-refractivity contribution is 7.98. The maximum absolute atomic E-state index is 13.1. The molecule has 2 amide bonds. The van der Waals surface area contributed by atoms with Gasteiger partial charge in [-0.2, -0.15) is 9.66 Å². The van der Waals surface area contributed by atoms with Crippen molar-refractivity contribution >= 4 is 35.8 Å². The molecule has 7 nitrogen and oxygen atoms in total. The number of amides is 2. The predicted octanol–water partition coefficient (Wildman–Crippen LogP) is 3.18. The molecule has 3 rings (SSSR count). The number of hydrogen-bond acceptors (Lipinski definition) is 7. The molecule has 0 radical (unpaired) electrons. The Morgan fingerprint density at radius 1 is 1.32 bits per heavy atom. The lowest BCUT2D eigenvalue weighted by atomic mass is 9.85. The first-order chi connectivity index (χ1) is 13.4. The van der Waals surface area contributed by atoms with Crippen LogP contribution >= 0.6 is 23.9 Å². The molecule has 1 aromatic carbocycles. The van der Waals surface area contributed by atoms with Crippen LogP contribution in [0.2, 0.25) is 0 Å². The number of carbonyl (C=O) groups excluding carboxylic acids is 1. The lowest BCUT2D eigenvalue weighted by Crippen LogP contribution is -2.52. The van der Waals surface area contributed by atoms with Crippen LogP contribution < -0.4 is 4.74 Å². The first-order valence-electron chi connectivity index (χ1n) is 9.07. The predicted molar refractivity (Wildman–Crippen MR) is 115 cm³/mol. The Hall–Kier alpha value is -1.89. The van der Waals surface area contributed by atoms with E-state index < -0.39 is 5.41 Å². The van der Waals surface area contributed by atoms with Crippen LogP contribution in [0, 0.1) is 11.3 Å². The van der Waals surface area contributed by atoms with Gasteiger partial charge in [0, 0.05) is 26.2 Å². The normalized spacial score (nSPS) is 18.0. The third kappa shape index (κ3) is 4.09. The molecule has 0 N–H and O–H groups in total. The van der Waals surface area contributed by atoms with Crippen molar-refractivity contribution in [1.29, 1.82) is 5.26 Å². The molecule has 0 saturated carbocycles. The monoisotopic (exact) mass is 419 g/mol. The fourth-order valence-corrected chi connectivity index (χ4v) is 4.41. The fourth-order valence-electron chi connectivity index (χ4n) is 3.16. The van der Waals surface area contributed by atoms with E-state index in [1.54, 1.807) is 24.0 Å². The first kappa shape index (κ1) is 20.8. The van der Waals surface area contributed by atoms with Crippen LogP contribution in [0.1, 0.15) is 25.0 Å². The summed E-state index contributed by atoms with van der Waals surface area (Å²) in [7, 11) is 1.60. The van der Waals surface area contributed by atoms with Gasteiger partial charge in [-0.05, 0) is 49.7 Å². The number of carbonyl (C=O) groups is 1. The smallest absolute Gasteiger partial charge is 0.326 e. The minimum absolute atomic E-state index is 0.0204. The van der Waals surface area contributed by atoms with E-state index in [1.807, 2.05) is 36.9 Å². The largest absolute Gasteiger partial charge is 0.496 e. The highest BCUT2D eigenvalue weighted by Gasteiger charge is 2.33. The molecule has 0 aliphatic carbocycles. The Morgan fingerprint density at radius 3 is 2.64 bits per heavy atom. The summed E-state index contributed by atoms with van der Waals surface area (Å²) < 4.78 is 12.3. The van der Waals surface area contributed by atoms with Gasteiger partial charge >= 0.3 is 6.03 Å². The van der Waals surface area contributed by atoms with Gasteiger partial charge in [0.05, 0.1) is 30.0 Å². The minimum Gasteiger partial charge on any atom is -0.496 e. The molecule has 150 valence electrons. The van der Waals surface area contributed by atoms with E-state index in [0.29, 0.717) is 30.6 Å². The Kier molecular flexibility index (Phi) is 6.43. The second-order valence-corrected chi connectivity index (χ2v) is 8.71. The first-order valence-corrected chi connectivity index (χ1v) is 11.2. The van der Waals surface area contributed by atoms with Crippen molar-refractivity contribution in [3.8, 4) is 11.8 Å². The molecule has 0 bridgehead atoms. The van der Waals surface area contributed by atoms with Gasteiger partial charge in [0.25, 0.3) is 0 Å². The number of nitriles is 1. The van der Waals surface area contributed by atoms with Crippen molar-refractivity contribution in [1.82, 2.24) is 14.1 Å². The number of nitrogens with zero attached hydrogens (tertiary/aromatic N) is 5. The highest BCUT2D eigenvalue weighted by atomic mass is 32.2. The Labute approximate surface area is 175 Å². The highest BCUT2D eigenvalue weighted by Crippen LogP contribution is 2.32. The molecule has 1 aromatic rings. The number of ether oxygens (including phenoxy) is 1. The minimum atomic E-state index is -0.621. The van der Waals surface area contributed by atoms with Crippen molar-refractivity contribution in [2.75, 3.05) is 45.4 Å². The molecule has 1 fully saturated rings. The number of piperazine rings is 1. The standard InChI is InChI=1S/C19H25N5O2S2/c1-19(2,12-20)14-5-6-15(16(11-14)26-3)17-21-28-13-24(17)18(25)22-7-9-23(27-4)10-8-22/h5-6,11H,7-10,13H2,1-4H3. The second-order valence-electron chi connectivity index (χ2n) is 7.13. The second kappa shape index (κ2) is 8.64.